The van der Waals surface area contributed by atoms with Crippen molar-refractivity contribution < 1.29 is 23.4 Å². The highest BCUT2D eigenvalue weighted by Gasteiger charge is 2.37. The number of benzene rings is 1. The van der Waals surface area contributed by atoms with Gasteiger partial charge in [-0.1, -0.05) is 13.0 Å². The third kappa shape index (κ3) is 4.22. The van der Waals surface area contributed by atoms with E-state index in [1.807, 2.05) is 6.92 Å². The van der Waals surface area contributed by atoms with Crippen LogP contribution in [0.2, 0.25) is 0 Å². The predicted molar refractivity (Wildman–Crippen MR) is 106 cm³/mol. The lowest BCUT2D eigenvalue weighted by molar-refractivity contribution is 0.0188. The smallest absolute Gasteiger partial charge is 0.414 e. The summed E-state index contributed by atoms with van der Waals surface area (Å²) >= 11 is 0. The molecule has 11 heteroatoms. The molecule has 1 aromatic carbocycles. The molecule has 1 N–H and O–H groups in total. The molecule has 1 fully saturated rings. The Labute approximate surface area is 176 Å². The minimum Gasteiger partial charge on any atom is -0.441 e. The van der Waals surface area contributed by atoms with Crippen LogP contribution in [0.3, 0.4) is 0 Å². The molecule has 0 aliphatic carbocycles. The Hall–Kier alpha value is -3.47. The number of alkyl halides is 1. The molecule has 1 aliphatic rings. The number of halogens is 2. The van der Waals surface area contributed by atoms with Gasteiger partial charge in [0.25, 0.3) is 0 Å². The standard InChI is InChI=1S/C20H20F2N6O3/c1-2-7-28-25-19(24-26-28)16-6-3-12(10-23-16)14-5-4-13(8-15(14)22)27-11-18(17(29)9-21)31-20(27)30/h3-6,8,10,17-18,29H,2,7,9,11H2,1H3. The number of anilines is 1. The molecule has 1 amide bonds. The maximum absolute atomic E-state index is 14.8. The molecule has 0 saturated carbocycles. The lowest BCUT2D eigenvalue weighted by Crippen LogP contribution is -2.32. The fourth-order valence-electron chi connectivity index (χ4n) is 3.23. The molecular weight excluding hydrogens is 410 g/mol. The van der Waals surface area contributed by atoms with Crippen LogP contribution in [0, 0.1) is 5.82 Å². The van der Waals surface area contributed by atoms with E-state index >= 15 is 0 Å². The number of nitrogens with zero attached hydrogens (tertiary/aromatic N) is 6. The Morgan fingerprint density at radius 2 is 2.16 bits per heavy atom. The van der Waals surface area contributed by atoms with Gasteiger partial charge >= 0.3 is 6.09 Å². The van der Waals surface area contributed by atoms with Crippen molar-refractivity contribution in [1.29, 1.82) is 0 Å². The summed E-state index contributed by atoms with van der Waals surface area (Å²) in [5.74, 6) is -0.185. The number of pyridine rings is 1. The summed E-state index contributed by atoms with van der Waals surface area (Å²) in [6.45, 7) is 1.56. The summed E-state index contributed by atoms with van der Waals surface area (Å²) in [4.78, 5) is 18.9. The first-order chi connectivity index (χ1) is 15.0. The number of hydrogen-bond acceptors (Lipinski definition) is 7. The molecule has 2 aromatic heterocycles. The van der Waals surface area contributed by atoms with Crippen LogP contribution < -0.4 is 4.90 Å². The first-order valence-electron chi connectivity index (χ1n) is 9.76. The quantitative estimate of drug-likeness (QED) is 0.614. The third-order valence-corrected chi connectivity index (χ3v) is 4.87. The maximum atomic E-state index is 14.8. The van der Waals surface area contributed by atoms with Crippen molar-refractivity contribution in [2.24, 2.45) is 0 Å². The highest BCUT2D eigenvalue weighted by atomic mass is 19.1. The molecule has 0 spiro atoms. The molecule has 162 valence electrons. The van der Waals surface area contributed by atoms with E-state index in [-0.39, 0.29) is 12.2 Å². The van der Waals surface area contributed by atoms with Gasteiger partial charge in [0.05, 0.1) is 18.8 Å². The fraction of sp³-hybridized carbons (Fsp3) is 0.350. The van der Waals surface area contributed by atoms with Crippen molar-refractivity contribution in [3.8, 4) is 22.6 Å². The normalized spacial score (nSPS) is 17.1. The van der Waals surface area contributed by atoms with Gasteiger partial charge in [0.15, 0.2) is 6.10 Å². The van der Waals surface area contributed by atoms with Gasteiger partial charge in [-0.25, -0.2) is 13.6 Å². The van der Waals surface area contributed by atoms with Gasteiger partial charge < -0.3 is 9.84 Å². The highest BCUT2D eigenvalue weighted by molar-refractivity contribution is 5.90. The summed E-state index contributed by atoms with van der Waals surface area (Å²) in [5, 5.41) is 21.7. The second-order valence-corrected chi connectivity index (χ2v) is 7.06. The average Bonchev–Trinajstić information content (AvgIpc) is 3.40. The molecule has 3 heterocycles. The van der Waals surface area contributed by atoms with Gasteiger partial charge in [-0.3, -0.25) is 9.88 Å². The number of aryl methyl sites for hydroxylation is 1. The lowest BCUT2D eigenvalue weighted by Gasteiger charge is -2.15. The number of carbonyl (C=O) groups is 1. The van der Waals surface area contributed by atoms with Crippen molar-refractivity contribution in [2.45, 2.75) is 32.1 Å². The Balaban J connectivity index is 1.52. The third-order valence-electron chi connectivity index (χ3n) is 4.87. The number of ether oxygens (including phenoxy) is 1. The minimum atomic E-state index is -1.42. The number of hydrogen-bond donors (Lipinski definition) is 1. The second kappa shape index (κ2) is 8.72. The number of aliphatic hydroxyl groups excluding tert-OH is 1. The van der Waals surface area contributed by atoms with Gasteiger partial charge in [0, 0.05) is 17.3 Å². The van der Waals surface area contributed by atoms with Crippen LogP contribution in [0.25, 0.3) is 22.6 Å². The van der Waals surface area contributed by atoms with Crippen LogP contribution in [-0.4, -0.2) is 61.8 Å². The van der Waals surface area contributed by atoms with Crippen molar-refractivity contribution in [2.75, 3.05) is 18.1 Å². The molecule has 9 nitrogen and oxygen atoms in total. The first kappa shape index (κ1) is 20.8. The Bertz CT molecular complexity index is 1080. The predicted octanol–water partition coefficient (Wildman–Crippen LogP) is 2.61. The summed E-state index contributed by atoms with van der Waals surface area (Å²) in [5.41, 5.74) is 1.59. The van der Waals surface area contributed by atoms with Gasteiger partial charge in [-0.15, -0.1) is 10.2 Å². The van der Waals surface area contributed by atoms with E-state index in [0.29, 0.717) is 29.2 Å². The Kier molecular flexibility index (Phi) is 5.85. The SMILES string of the molecule is CCCn1nnc(-c2ccc(-c3ccc(N4CC(C(O)CF)OC4=O)cc3F)cn2)n1. The van der Waals surface area contributed by atoms with Crippen LogP contribution >= 0.6 is 0 Å². The minimum absolute atomic E-state index is 0.0648. The first-order valence-corrected chi connectivity index (χ1v) is 9.76. The molecule has 4 rings (SSSR count). The number of tetrazole rings is 1. The summed E-state index contributed by atoms with van der Waals surface area (Å²) < 4.78 is 32.4. The average molecular weight is 430 g/mol. The maximum Gasteiger partial charge on any atom is 0.414 e. The van der Waals surface area contributed by atoms with E-state index in [4.69, 9.17) is 4.74 Å². The molecule has 2 unspecified atom stereocenters. The monoisotopic (exact) mass is 430 g/mol. The van der Waals surface area contributed by atoms with Crippen molar-refractivity contribution in [3.05, 3.63) is 42.3 Å². The van der Waals surface area contributed by atoms with E-state index in [2.05, 4.69) is 20.4 Å². The van der Waals surface area contributed by atoms with Crippen LogP contribution in [0.15, 0.2) is 36.5 Å². The van der Waals surface area contributed by atoms with Crippen molar-refractivity contribution >= 4 is 11.8 Å². The van der Waals surface area contributed by atoms with Crippen LogP contribution in [0.4, 0.5) is 19.3 Å². The van der Waals surface area contributed by atoms with Gasteiger partial charge in [0.1, 0.15) is 24.3 Å². The van der Waals surface area contributed by atoms with E-state index in [0.717, 1.165) is 11.3 Å². The molecule has 31 heavy (non-hydrogen) atoms. The fourth-order valence-corrected chi connectivity index (χ4v) is 3.23. The Morgan fingerprint density at radius 1 is 1.32 bits per heavy atom. The zero-order valence-electron chi connectivity index (χ0n) is 16.7. The van der Waals surface area contributed by atoms with Crippen molar-refractivity contribution in [1.82, 2.24) is 25.2 Å². The topological polar surface area (TPSA) is 106 Å². The van der Waals surface area contributed by atoms with Gasteiger partial charge in [-0.05, 0) is 35.9 Å². The highest BCUT2D eigenvalue weighted by Crippen LogP contribution is 2.30. The van der Waals surface area contributed by atoms with Gasteiger partial charge in [0.2, 0.25) is 5.82 Å². The summed E-state index contributed by atoms with van der Waals surface area (Å²) in [6.07, 6.45) is -0.795. The summed E-state index contributed by atoms with van der Waals surface area (Å²) in [7, 11) is 0. The van der Waals surface area contributed by atoms with Crippen molar-refractivity contribution in [3.63, 3.8) is 0 Å². The van der Waals surface area contributed by atoms with E-state index in [1.54, 1.807) is 18.2 Å². The van der Waals surface area contributed by atoms with Crippen LogP contribution in [0.5, 0.6) is 0 Å². The molecular formula is C20H20F2N6O3. The number of aliphatic hydroxyl groups is 1. The zero-order chi connectivity index (χ0) is 22.0. The van der Waals surface area contributed by atoms with Crippen LogP contribution in [-0.2, 0) is 11.3 Å². The van der Waals surface area contributed by atoms with E-state index in [9.17, 15) is 18.7 Å². The van der Waals surface area contributed by atoms with E-state index < -0.39 is 30.8 Å². The van der Waals surface area contributed by atoms with Gasteiger partial charge in [-0.2, -0.15) is 4.80 Å². The molecule has 1 saturated heterocycles. The van der Waals surface area contributed by atoms with Crippen LogP contribution in [0.1, 0.15) is 13.3 Å². The molecule has 3 aromatic rings. The Morgan fingerprint density at radius 3 is 2.84 bits per heavy atom. The largest absolute Gasteiger partial charge is 0.441 e. The zero-order valence-corrected chi connectivity index (χ0v) is 16.7. The number of amides is 1. The molecule has 0 radical (unpaired) electrons. The number of carbonyl (C=O) groups excluding carboxylic acids is 1. The molecule has 1 aliphatic heterocycles. The second-order valence-electron chi connectivity index (χ2n) is 7.06. The molecule has 2 atom stereocenters. The number of rotatable bonds is 7. The number of cyclic esters (lactones) is 1. The number of aromatic nitrogens is 5. The molecule has 0 bridgehead atoms. The lowest BCUT2D eigenvalue weighted by atomic mass is 10.1. The van der Waals surface area contributed by atoms with E-state index in [1.165, 1.54) is 23.1 Å². The summed E-state index contributed by atoms with van der Waals surface area (Å²) in [6, 6.07) is 7.63.